The van der Waals surface area contributed by atoms with Crippen LogP contribution < -0.4 is 0 Å². The normalized spacial score (nSPS) is 12.4. The summed E-state index contributed by atoms with van der Waals surface area (Å²) in [4.78, 5) is 0. The lowest BCUT2D eigenvalue weighted by Gasteiger charge is -2.07. The van der Waals surface area contributed by atoms with Gasteiger partial charge < -0.3 is 4.74 Å². The average Bonchev–Trinajstić information content (AvgIpc) is 1.99. The second kappa shape index (κ2) is 4.66. The van der Waals surface area contributed by atoms with E-state index in [1.54, 1.807) is 13.2 Å². The highest BCUT2D eigenvalue weighted by Gasteiger charge is 2.07. The largest absolute Gasteiger partial charge is 0.495 e. The molecule has 0 rings (SSSR count). The third-order valence-corrected chi connectivity index (χ3v) is 1.33. The van der Waals surface area contributed by atoms with Crippen LogP contribution in [0, 0.1) is 11.4 Å². The van der Waals surface area contributed by atoms with Crippen LogP contribution in [0.4, 0.5) is 0 Å². The van der Waals surface area contributed by atoms with Crippen molar-refractivity contribution in [1.82, 2.24) is 0 Å². The van der Waals surface area contributed by atoms with Gasteiger partial charge in [0.05, 0.1) is 7.11 Å². The summed E-state index contributed by atoms with van der Waals surface area (Å²) in [7, 11) is 1.55. The topological polar surface area (TPSA) is 45.4 Å². The maximum absolute atomic E-state index is 6.87. The number of nitrogens with zero attached hydrogens (tertiary/aromatic N) is 1. The molecule has 3 nitrogen and oxygen atoms in total. The third kappa shape index (κ3) is 2.53. The highest BCUT2D eigenvalue weighted by molar-refractivity contribution is 5.18. The van der Waals surface area contributed by atoms with Gasteiger partial charge in [0.1, 0.15) is 11.5 Å². The Kier molecular flexibility index (Phi) is 4.18. The quantitative estimate of drug-likeness (QED) is 0.377. The van der Waals surface area contributed by atoms with E-state index in [0.29, 0.717) is 11.5 Å². The Labute approximate surface area is 67.3 Å². The minimum Gasteiger partial charge on any atom is -0.495 e. The molecule has 0 aliphatic carbocycles. The van der Waals surface area contributed by atoms with Crippen LogP contribution in [0.25, 0.3) is 0 Å². The van der Waals surface area contributed by atoms with Crippen molar-refractivity contribution in [2.75, 3.05) is 7.11 Å². The summed E-state index contributed by atoms with van der Waals surface area (Å²) in [5.41, 5.74) is 7.49. The molecule has 0 bridgehead atoms. The first kappa shape index (κ1) is 9.88. The van der Waals surface area contributed by atoms with E-state index in [1.807, 2.05) is 13.8 Å². The van der Waals surface area contributed by atoms with Crippen molar-refractivity contribution in [1.29, 1.82) is 5.53 Å². The summed E-state index contributed by atoms with van der Waals surface area (Å²) in [5.74, 6) is 0.774. The van der Waals surface area contributed by atoms with Crippen molar-refractivity contribution in [2.45, 2.75) is 13.8 Å². The fraction of sp³-hybridized carbons (Fsp3) is 0.500. The van der Waals surface area contributed by atoms with Crippen molar-refractivity contribution < 1.29 is 4.74 Å². The van der Waals surface area contributed by atoms with E-state index in [2.05, 4.69) is 11.7 Å². The molecule has 0 fully saturated rings. The Hall–Kier alpha value is -1.12. The molecule has 62 valence electrons. The number of hydrogen-bond acceptors (Lipinski definition) is 3. The van der Waals surface area contributed by atoms with Gasteiger partial charge in [-0.25, -0.2) is 5.53 Å². The summed E-state index contributed by atoms with van der Waals surface area (Å²) in [6.07, 6.45) is 1.56. The fourth-order valence-electron chi connectivity index (χ4n) is 0.761. The Morgan fingerprint density at radius 1 is 1.64 bits per heavy atom. The molecule has 1 N–H and O–H groups in total. The summed E-state index contributed by atoms with van der Waals surface area (Å²) in [6.45, 7) is 7.47. The predicted octanol–water partition coefficient (Wildman–Crippen LogP) is 2.72. The second-order valence-corrected chi connectivity index (χ2v) is 2.42. The van der Waals surface area contributed by atoms with Crippen molar-refractivity contribution in [2.24, 2.45) is 11.0 Å². The molecule has 0 spiro atoms. The minimum atomic E-state index is 0.195. The molecule has 0 aliphatic rings. The zero-order valence-corrected chi connectivity index (χ0v) is 7.22. The maximum atomic E-state index is 6.87. The van der Waals surface area contributed by atoms with Crippen LogP contribution in [0.3, 0.4) is 0 Å². The lowest BCUT2D eigenvalue weighted by molar-refractivity contribution is 0.297. The Bertz CT molecular complexity index is 183. The standard InChI is InChI=1S/C8H14N2O/c1-5-7(11-4)8(10-9)6(2)3/h5-6,9H,1H2,2-4H3/b8-7-,10-9?. The maximum Gasteiger partial charge on any atom is 0.141 e. The van der Waals surface area contributed by atoms with Crippen molar-refractivity contribution in [3.05, 3.63) is 24.1 Å². The molecular weight excluding hydrogens is 140 g/mol. The van der Waals surface area contributed by atoms with Crippen LogP contribution in [0.2, 0.25) is 0 Å². The van der Waals surface area contributed by atoms with Crippen molar-refractivity contribution in [3.63, 3.8) is 0 Å². The molecule has 0 radical (unpaired) electrons. The Morgan fingerprint density at radius 3 is 2.27 bits per heavy atom. The van der Waals surface area contributed by atoms with Gasteiger partial charge in [-0.2, -0.15) is 5.11 Å². The first-order chi connectivity index (χ1) is 5.17. The summed E-state index contributed by atoms with van der Waals surface area (Å²) in [6, 6.07) is 0. The molecule has 0 aromatic rings. The van der Waals surface area contributed by atoms with E-state index in [9.17, 15) is 0 Å². The number of rotatable bonds is 4. The molecule has 0 heterocycles. The Morgan fingerprint density at radius 2 is 2.18 bits per heavy atom. The zero-order chi connectivity index (χ0) is 8.85. The van der Waals surface area contributed by atoms with Crippen LogP contribution in [0.5, 0.6) is 0 Å². The number of hydrogen-bond donors (Lipinski definition) is 1. The lowest BCUT2D eigenvalue weighted by Crippen LogP contribution is -1.96. The SMILES string of the molecule is C=C/C(OC)=C(/N=N)C(C)C. The van der Waals surface area contributed by atoms with Crippen molar-refractivity contribution in [3.8, 4) is 0 Å². The van der Waals surface area contributed by atoms with Gasteiger partial charge in [-0.3, -0.25) is 0 Å². The summed E-state index contributed by atoms with van der Waals surface area (Å²) < 4.78 is 4.96. The van der Waals surface area contributed by atoms with Crippen LogP contribution in [-0.4, -0.2) is 7.11 Å². The number of allylic oxidation sites excluding steroid dienone is 2. The highest BCUT2D eigenvalue weighted by Crippen LogP contribution is 2.16. The molecule has 0 aromatic carbocycles. The van der Waals surface area contributed by atoms with Gasteiger partial charge in [-0.05, 0) is 6.08 Å². The van der Waals surface area contributed by atoms with Gasteiger partial charge >= 0.3 is 0 Å². The van der Waals surface area contributed by atoms with E-state index in [0.717, 1.165) is 0 Å². The smallest absolute Gasteiger partial charge is 0.141 e. The van der Waals surface area contributed by atoms with Gasteiger partial charge in [0.2, 0.25) is 0 Å². The van der Waals surface area contributed by atoms with Gasteiger partial charge in [0.25, 0.3) is 0 Å². The molecule has 0 atom stereocenters. The van der Waals surface area contributed by atoms with E-state index >= 15 is 0 Å². The van der Waals surface area contributed by atoms with Crippen molar-refractivity contribution >= 4 is 0 Å². The zero-order valence-electron chi connectivity index (χ0n) is 7.22. The first-order valence-corrected chi connectivity index (χ1v) is 3.45. The average molecular weight is 154 g/mol. The molecule has 11 heavy (non-hydrogen) atoms. The molecule has 0 aliphatic heterocycles. The number of ether oxygens (including phenoxy) is 1. The van der Waals surface area contributed by atoms with Gasteiger partial charge in [0, 0.05) is 5.92 Å². The van der Waals surface area contributed by atoms with Crippen LogP contribution in [0.1, 0.15) is 13.8 Å². The van der Waals surface area contributed by atoms with Gasteiger partial charge in [0.15, 0.2) is 0 Å². The fourth-order valence-corrected chi connectivity index (χ4v) is 0.761. The van der Waals surface area contributed by atoms with Crippen LogP contribution >= 0.6 is 0 Å². The molecular formula is C8H14N2O. The number of methoxy groups -OCH3 is 1. The second-order valence-electron chi connectivity index (χ2n) is 2.42. The highest BCUT2D eigenvalue weighted by atomic mass is 16.5. The van der Waals surface area contributed by atoms with Gasteiger partial charge in [-0.1, -0.05) is 20.4 Å². The first-order valence-electron chi connectivity index (χ1n) is 3.45. The monoisotopic (exact) mass is 154 g/mol. The van der Waals surface area contributed by atoms with E-state index in [-0.39, 0.29) is 5.92 Å². The van der Waals surface area contributed by atoms with Crippen LogP contribution in [0.15, 0.2) is 29.2 Å². The van der Waals surface area contributed by atoms with E-state index in [1.165, 1.54) is 0 Å². The summed E-state index contributed by atoms with van der Waals surface area (Å²) in [5, 5.41) is 3.36. The molecule has 3 heteroatoms. The molecule has 0 unspecified atom stereocenters. The molecule has 0 amide bonds. The molecule has 0 aromatic heterocycles. The van der Waals surface area contributed by atoms with E-state index in [4.69, 9.17) is 10.3 Å². The van der Waals surface area contributed by atoms with Gasteiger partial charge in [-0.15, -0.1) is 0 Å². The lowest BCUT2D eigenvalue weighted by atomic mass is 10.1. The number of nitrogens with one attached hydrogen (secondary N) is 1. The molecule has 0 saturated heterocycles. The predicted molar refractivity (Wildman–Crippen MR) is 44.2 cm³/mol. The van der Waals surface area contributed by atoms with E-state index < -0.39 is 0 Å². The minimum absolute atomic E-state index is 0.195. The molecule has 0 saturated carbocycles. The summed E-state index contributed by atoms with van der Waals surface area (Å²) >= 11 is 0. The van der Waals surface area contributed by atoms with Crippen LogP contribution in [-0.2, 0) is 4.74 Å². The Balaban J connectivity index is 4.76. The third-order valence-electron chi connectivity index (χ3n) is 1.33.